The van der Waals surface area contributed by atoms with Crippen molar-refractivity contribution in [3.8, 4) is 0 Å². The number of carbonyl (C=O) groups excluding carboxylic acids is 1. The number of hydrogen-bond donors (Lipinski definition) is 1. The Labute approximate surface area is 126 Å². The second kappa shape index (κ2) is 5.68. The van der Waals surface area contributed by atoms with Crippen molar-refractivity contribution < 1.29 is 9.53 Å². The lowest BCUT2D eigenvalue weighted by atomic mass is 9.80. The van der Waals surface area contributed by atoms with Crippen molar-refractivity contribution in [1.29, 1.82) is 0 Å². The Kier molecular flexibility index (Phi) is 3.89. The van der Waals surface area contributed by atoms with Gasteiger partial charge in [-0.05, 0) is 50.3 Å². The van der Waals surface area contributed by atoms with Crippen LogP contribution < -0.4 is 5.32 Å². The standard InChI is InChI=1S/C17H24N2O2/c1-13-6-3-4-7-14(13)11-19-16(20)21-12-17(19,2)15-8-5-9-18-10-15/h3-4,6-7,15,18H,5,8-12H2,1-2H3. The average Bonchev–Trinajstić information content (AvgIpc) is 2.80. The van der Waals surface area contributed by atoms with Crippen molar-refractivity contribution in [3.05, 3.63) is 35.4 Å². The molecule has 0 radical (unpaired) electrons. The molecular weight excluding hydrogens is 264 g/mol. The van der Waals surface area contributed by atoms with Gasteiger partial charge in [0.15, 0.2) is 0 Å². The first-order chi connectivity index (χ1) is 10.1. The zero-order valence-electron chi connectivity index (χ0n) is 12.9. The van der Waals surface area contributed by atoms with E-state index in [1.807, 2.05) is 17.0 Å². The van der Waals surface area contributed by atoms with Crippen LogP contribution in [0.4, 0.5) is 4.79 Å². The summed E-state index contributed by atoms with van der Waals surface area (Å²) in [5.41, 5.74) is 2.22. The Hall–Kier alpha value is -1.55. The fraction of sp³-hybridized carbons (Fsp3) is 0.588. The number of nitrogens with zero attached hydrogens (tertiary/aromatic N) is 1. The molecule has 0 saturated carbocycles. The van der Waals surface area contributed by atoms with E-state index in [9.17, 15) is 4.79 Å². The van der Waals surface area contributed by atoms with Crippen LogP contribution in [0.5, 0.6) is 0 Å². The van der Waals surface area contributed by atoms with Gasteiger partial charge in [-0.15, -0.1) is 0 Å². The Morgan fingerprint density at radius 3 is 2.95 bits per heavy atom. The number of nitrogens with one attached hydrogen (secondary N) is 1. The van der Waals surface area contributed by atoms with Crippen LogP contribution in [0.3, 0.4) is 0 Å². The molecule has 0 aliphatic carbocycles. The molecule has 0 bridgehead atoms. The zero-order chi connectivity index (χ0) is 14.9. The molecule has 1 amide bonds. The normalized spacial score (nSPS) is 29.5. The number of benzene rings is 1. The summed E-state index contributed by atoms with van der Waals surface area (Å²) in [7, 11) is 0. The van der Waals surface area contributed by atoms with E-state index in [4.69, 9.17) is 4.74 Å². The summed E-state index contributed by atoms with van der Waals surface area (Å²) < 4.78 is 5.41. The maximum atomic E-state index is 12.2. The average molecular weight is 288 g/mol. The predicted molar refractivity (Wildman–Crippen MR) is 82.1 cm³/mol. The molecular formula is C17H24N2O2. The first-order valence-electron chi connectivity index (χ1n) is 7.81. The lowest BCUT2D eigenvalue weighted by Crippen LogP contribution is -2.54. The maximum absolute atomic E-state index is 12.2. The molecule has 1 N–H and O–H groups in total. The summed E-state index contributed by atoms with van der Waals surface area (Å²) in [6, 6.07) is 8.26. The number of ether oxygens (including phenoxy) is 1. The molecule has 2 atom stereocenters. The van der Waals surface area contributed by atoms with Crippen LogP contribution in [-0.4, -0.2) is 36.2 Å². The van der Waals surface area contributed by atoms with Crippen molar-refractivity contribution in [2.24, 2.45) is 5.92 Å². The largest absolute Gasteiger partial charge is 0.447 e. The van der Waals surface area contributed by atoms with Crippen molar-refractivity contribution >= 4 is 6.09 Å². The zero-order valence-corrected chi connectivity index (χ0v) is 12.9. The summed E-state index contributed by atoms with van der Waals surface area (Å²) in [6.45, 7) is 7.46. The van der Waals surface area contributed by atoms with E-state index in [1.165, 1.54) is 17.5 Å². The molecule has 2 aliphatic rings. The third kappa shape index (κ3) is 2.64. The molecule has 0 aromatic heterocycles. The molecule has 1 aromatic carbocycles. The van der Waals surface area contributed by atoms with Crippen molar-refractivity contribution in [3.63, 3.8) is 0 Å². The third-order valence-electron chi connectivity index (χ3n) is 5.09. The minimum absolute atomic E-state index is 0.175. The molecule has 114 valence electrons. The van der Waals surface area contributed by atoms with Gasteiger partial charge in [-0.2, -0.15) is 0 Å². The Bertz CT molecular complexity index is 525. The van der Waals surface area contributed by atoms with Crippen LogP contribution in [0.2, 0.25) is 0 Å². The molecule has 2 fully saturated rings. The number of hydrogen-bond acceptors (Lipinski definition) is 3. The lowest BCUT2D eigenvalue weighted by Gasteiger charge is -2.41. The number of aryl methyl sites for hydroxylation is 1. The summed E-state index contributed by atoms with van der Waals surface area (Å²) >= 11 is 0. The molecule has 1 aromatic rings. The second-order valence-electron chi connectivity index (χ2n) is 6.47. The Morgan fingerprint density at radius 2 is 2.24 bits per heavy atom. The van der Waals surface area contributed by atoms with Gasteiger partial charge in [0.25, 0.3) is 0 Å². The quantitative estimate of drug-likeness (QED) is 0.930. The monoisotopic (exact) mass is 288 g/mol. The van der Waals surface area contributed by atoms with Gasteiger partial charge in [0.05, 0.1) is 5.54 Å². The summed E-state index contributed by atoms with van der Waals surface area (Å²) in [5.74, 6) is 0.460. The van der Waals surface area contributed by atoms with E-state index in [0.717, 1.165) is 19.5 Å². The van der Waals surface area contributed by atoms with Gasteiger partial charge in [0, 0.05) is 13.1 Å². The molecule has 2 aliphatic heterocycles. The van der Waals surface area contributed by atoms with E-state index >= 15 is 0 Å². The second-order valence-corrected chi connectivity index (χ2v) is 6.47. The molecule has 4 nitrogen and oxygen atoms in total. The van der Waals surface area contributed by atoms with Gasteiger partial charge >= 0.3 is 6.09 Å². The highest BCUT2D eigenvalue weighted by Gasteiger charge is 2.49. The van der Waals surface area contributed by atoms with E-state index in [2.05, 4.69) is 31.3 Å². The van der Waals surface area contributed by atoms with Gasteiger partial charge in [0.1, 0.15) is 6.61 Å². The van der Waals surface area contributed by atoms with E-state index in [-0.39, 0.29) is 11.6 Å². The smallest absolute Gasteiger partial charge is 0.410 e. The van der Waals surface area contributed by atoms with Crippen LogP contribution >= 0.6 is 0 Å². The van der Waals surface area contributed by atoms with Gasteiger partial charge in [-0.25, -0.2) is 4.79 Å². The molecule has 3 rings (SSSR count). The Morgan fingerprint density at radius 1 is 1.43 bits per heavy atom. The molecule has 2 heterocycles. The minimum Gasteiger partial charge on any atom is -0.447 e. The molecule has 4 heteroatoms. The first-order valence-corrected chi connectivity index (χ1v) is 7.81. The number of cyclic esters (lactones) is 1. The van der Waals surface area contributed by atoms with Crippen LogP contribution in [0.25, 0.3) is 0 Å². The van der Waals surface area contributed by atoms with Crippen molar-refractivity contribution in [2.45, 2.75) is 38.8 Å². The maximum Gasteiger partial charge on any atom is 0.410 e. The van der Waals surface area contributed by atoms with Crippen LogP contribution in [0, 0.1) is 12.8 Å². The van der Waals surface area contributed by atoms with Crippen molar-refractivity contribution in [2.75, 3.05) is 19.7 Å². The SMILES string of the molecule is Cc1ccccc1CN1C(=O)OCC1(C)C1CCCNC1. The van der Waals surface area contributed by atoms with E-state index in [1.54, 1.807) is 0 Å². The van der Waals surface area contributed by atoms with Crippen LogP contribution in [0.15, 0.2) is 24.3 Å². The van der Waals surface area contributed by atoms with E-state index < -0.39 is 0 Å². The topological polar surface area (TPSA) is 41.6 Å². The number of carbonyl (C=O) groups is 1. The molecule has 21 heavy (non-hydrogen) atoms. The van der Waals surface area contributed by atoms with Gasteiger partial charge in [0.2, 0.25) is 0 Å². The summed E-state index contributed by atoms with van der Waals surface area (Å²) in [6.07, 6.45) is 2.16. The number of amides is 1. The van der Waals surface area contributed by atoms with Gasteiger partial charge in [-0.3, -0.25) is 4.90 Å². The minimum atomic E-state index is -0.202. The fourth-order valence-corrected chi connectivity index (χ4v) is 3.50. The van der Waals surface area contributed by atoms with Crippen molar-refractivity contribution in [1.82, 2.24) is 10.2 Å². The van der Waals surface area contributed by atoms with Gasteiger partial charge < -0.3 is 10.1 Å². The predicted octanol–water partition coefficient (Wildman–Crippen LogP) is 2.71. The summed E-state index contributed by atoms with van der Waals surface area (Å²) in [5, 5.41) is 3.45. The van der Waals surface area contributed by atoms with Crippen LogP contribution in [0.1, 0.15) is 30.9 Å². The highest BCUT2D eigenvalue weighted by atomic mass is 16.6. The molecule has 0 spiro atoms. The summed E-state index contributed by atoms with van der Waals surface area (Å²) in [4.78, 5) is 14.2. The van der Waals surface area contributed by atoms with E-state index in [0.29, 0.717) is 19.1 Å². The Balaban J connectivity index is 1.83. The first kappa shape index (κ1) is 14.4. The highest BCUT2D eigenvalue weighted by molar-refractivity contribution is 5.71. The third-order valence-corrected chi connectivity index (χ3v) is 5.09. The fourth-order valence-electron chi connectivity index (χ4n) is 3.50. The lowest BCUT2D eigenvalue weighted by molar-refractivity contribution is 0.0921. The van der Waals surface area contributed by atoms with Gasteiger partial charge in [-0.1, -0.05) is 24.3 Å². The number of piperidine rings is 1. The molecule has 2 unspecified atom stereocenters. The molecule has 2 saturated heterocycles. The number of rotatable bonds is 3. The van der Waals surface area contributed by atoms with Crippen LogP contribution in [-0.2, 0) is 11.3 Å². The highest BCUT2D eigenvalue weighted by Crippen LogP contribution is 2.36.